The standard InChI is InChI=1S/C20H27ClFN3O/c21-16-5-3-6-17(22)15(16)12-25(13-8-9-13)20(26)11-10-19-14-4-1-2-7-18(14)23-24-19/h3,5-6,13-14,18-19,23-24H,1-2,4,7-12H2. The van der Waals surface area contributed by atoms with Crippen LogP contribution in [0.15, 0.2) is 18.2 Å². The van der Waals surface area contributed by atoms with Crippen molar-refractivity contribution in [3.63, 3.8) is 0 Å². The summed E-state index contributed by atoms with van der Waals surface area (Å²) < 4.78 is 14.1. The monoisotopic (exact) mass is 379 g/mol. The number of nitrogens with one attached hydrogen (secondary N) is 2. The topological polar surface area (TPSA) is 44.4 Å². The fraction of sp³-hybridized carbons (Fsp3) is 0.650. The van der Waals surface area contributed by atoms with Gasteiger partial charge in [-0.25, -0.2) is 4.39 Å². The van der Waals surface area contributed by atoms with Crippen molar-refractivity contribution in [3.05, 3.63) is 34.6 Å². The second-order valence-electron chi connectivity index (χ2n) is 7.94. The molecule has 2 saturated carbocycles. The molecule has 0 aromatic heterocycles. The van der Waals surface area contributed by atoms with E-state index in [0.29, 0.717) is 35.0 Å². The van der Waals surface area contributed by atoms with Crippen molar-refractivity contribution in [3.8, 4) is 0 Å². The molecule has 0 bridgehead atoms. The van der Waals surface area contributed by atoms with Crippen molar-refractivity contribution in [1.29, 1.82) is 0 Å². The molecule has 3 unspecified atom stereocenters. The number of hydrogen-bond acceptors (Lipinski definition) is 3. The van der Waals surface area contributed by atoms with Crippen molar-refractivity contribution in [2.75, 3.05) is 0 Å². The molecule has 1 heterocycles. The molecule has 2 aliphatic carbocycles. The molecule has 1 aromatic rings. The first-order valence-electron chi connectivity index (χ1n) is 9.87. The van der Waals surface area contributed by atoms with Gasteiger partial charge < -0.3 is 4.90 Å². The Hall–Kier alpha value is -1.17. The summed E-state index contributed by atoms with van der Waals surface area (Å²) >= 11 is 6.16. The molecule has 142 valence electrons. The summed E-state index contributed by atoms with van der Waals surface area (Å²) in [5, 5.41) is 0.398. The summed E-state index contributed by atoms with van der Waals surface area (Å²) in [5.41, 5.74) is 7.25. The van der Waals surface area contributed by atoms with E-state index in [2.05, 4.69) is 10.9 Å². The molecule has 1 aliphatic heterocycles. The van der Waals surface area contributed by atoms with Crippen LogP contribution in [0.5, 0.6) is 0 Å². The number of fused-ring (bicyclic) bond motifs is 1. The zero-order valence-electron chi connectivity index (χ0n) is 15.0. The van der Waals surface area contributed by atoms with E-state index in [1.807, 2.05) is 4.90 Å². The molecule has 3 fully saturated rings. The number of carbonyl (C=O) groups is 1. The smallest absolute Gasteiger partial charge is 0.223 e. The third kappa shape index (κ3) is 3.90. The molecular formula is C20H27ClFN3O. The van der Waals surface area contributed by atoms with Crippen LogP contribution >= 0.6 is 11.6 Å². The number of halogens is 2. The lowest BCUT2D eigenvalue weighted by molar-refractivity contribution is -0.132. The molecule has 1 aromatic carbocycles. The van der Waals surface area contributed by atoms with Gasteiger partial charge in [0.25, 0.3) is 0 Å². The van der Waals surface area contributed by atoms with Gasteiger partial charge in [0.2, 0.25) is 5.91 Å². The predicted molar refractivity (Wildman–Crippen MR) is 100 cm³/mol. The first kappa shape index (κ1) is 18.2. The first-order valence-corrected chi connectivity index (χ1v) is 10.2. The molecule has 0 radical (unpaired) electrons. The lowest BCUT2D eigenvalue weighted by atomic mass is 9.80. The van der Waals surface area contributed by atoms with Gasteiger partial charge in [0, 0.05) is 35.1 Å². The number of amides is 1. The average molecular weight is 380 g/mol. The molecule has 4 nitrogen and oxygen atoms in total. The summed E-state index contributed by atoms with van der Waals surface area (Å²) in [6, 6.07) is 5.86. The summed E-state index contributed by atoms with van der Waals surface area (Å²) in [4.78, 5) is 14.7. The van der Waals surface area contributed by atoms with Crippen molar-refractivity contribution in [1.82, 2.24) is 15.8 Å². The molecule has 4 rings (SSSR count). The highest BCUT2D eigenvalue weighted by Gasteiger charge is 2.38. The molecule has 1 saturated heterocycles. The Morgan fingerprint density at radius 3 is 2.77 bits per heavy atom. The van der Waals surface area contributed by atoms with Gasteiger partial charge in [0.1, 0.15) is 5.82 Å². The van der Waals surface area contributed by atoms with Crippen LogP contribution in [0.1, 0.15) is 56.9 Å². The van der Waals surface area contributed by atoms with E-state index in [-0.39, 0.29) is 24.3 Å². The largest absolute Gasteiger partial charge is 0.335 e. The quantitative estimate of drug-likeness (QED) is 0.790. The van der Waals surface area contributed by atoms with Crippen molar-refractivity contribution < 1.29 is 9.18 Å². The van der Waals surface area contributed by atoms with E-state index in [9.17, 15) is 9.18 Å². The maximum atomic E-state index is 14.1. The van der Waals surface area contributed by atoms with Gasteiger partial charge in [0.05, 0.1) is 6.54 Å². The molecule has 1 amide bonds. The number of benzene rings is 1. The third-order valence-electron chi connectivity index (χ3n) is 6.16. The van der Waals surface area contributed by atoms with Gasteiger partial charge in [0.15, 0.2) is 0 Å². The zero-order valence-corrected chi connectivity index (χ0v) is 15.8. The normalized spacial score (nSPS) is 28.0. The summed E-state index contributed by atoms with van der Waals surface area (Å²) in [6.45, 7) is 0.275. The van der Waals surface area contributed by atoms with Gasteiger partial charge in [-0.1, -0.05) is 30.5 Å². The second-order valence-corrected chi connectivity index (χ2v) is 8.35. The predicted octanol–water partition coefficient (Wildman–Crippen LogP) is 3.79. The maximum Gasteiger partial charge on any atom is 0.223 e. The van der Waals surface area contributed by atoms with Crippen LogP contribution in [-0.2, 0) is 11.3 Å². The molecular weight excluding hydrogens is 353 g/mol. The number of hydrogen-bond donors (Lipinski definition) is 2. The third-order valence-corrected chi connectivity index (χ3v) is 6.51. The highest BCUT2D eigenvalue weighted by atomic mass is 35.5. The molecule has 3 aliphatic rings. The molecule has 2 N–H and O–H groups in total. The van der Waals surface area contributed by atoms with Crippen molar-refractivity contribution >= 4 is 17.5 Å². The Morgan fingerprint density at radius 1 is 1.19 bits per heavy atom. The van der Waals surface area contributed by atoms with Gasteiger partial charge in [-0.05, 0) is 50.2 Å². The van der Waals surface area contributed by atoms with E-state index in [1.165, 1.54) is 31.7 Å². The molecule has 26 heavy (non-hydrogen) atoms. The fourth-order valence-electron chi connectivity index (χ4n) is 4.51. The number of hydrazine groups is 1. The number of nitrogens with zero attached hydrogens (tertiary/aromatic N) is 1. The zero-order chi connectivity index (χ0) is 18.1. The Kier molecular flexibility index (Phi) is 5.48. The van der Waals surface area contributed by atoms with Crippen LogP contribution < -0.4 is 10.9 Å². The minimum atomic E-state index is -0.331. The van der Waals surface area contributed by atoms with Crippen LogP contribution in [0.2, 0.25) is 5.02 Å². The van der Waals surface area contributed by atoms with E-state index in [4.69, 9.17) is 11.6 Å². The lowest BCUT2D eigenvalue weighted by Crippen LogP contribution is -2.36. The Morgan fingerprint density at radius 2 is 2.00 bits per heavy atom. The Balaban J connectivity index is 1.37. The molecule has 6 heteroatoms. The van der Waals surface area contributed by atoms with E-state index in [1.54, 1.807) is 12.1 Å². The van der Waals surface area contributed by atoms with Crippen LogP contribution in [-0.4, -0.2) is 28.9 Å². The molecule has 3 atom stereocenters. The van der Waals surface area contributed by atoms with Crippen LogP contribution in [0, 0.1) is 11.7 Å². The highest BCUT2D eigenvalue weighted by molar-refractivity contribution is 6.31. The summed E-state index contributed by atoms with van der Waals surface area (Å²) in [7, 11) is 0. The number of carbonyl (C=O) groups excluding carboxylic acids is 1. The Labute approximate surface area is 159 Å². The second kappa shape index (κ2) is 7.83. The minimum Gasteiger partial charge on any atom is -0.335 e. The van der Waals surface area contributed by atoms with Crippen molar-refractivity contribution in [2.45, 2.75) is 76.0 Å². The van der Waals surface area contributed by atoms with Crippen molar-refractivity contribution in [2.24, 2.45) is 5.92 Å². The lowest BCUT2D eigenvalue weighted by Gasteiger charge is -2.28. The number of rotatable bonds is 6. The van der Waals surface area contributed by atoms with Gasteiger partial charge in [-0.3, -0.25) is 15.6 Å². The van der Waals surface area contributed by atoms with Crippen LogP contribution in [0.25, 0.3) is 0 Å². The molecule has 0 spiro atoms. The van der Waals surface area contributed by atoms with Gasteiger partial charge in [-0.2, -0.15) is 0 Å². The SMILES string of the molecule is O=C(CCC1NNC2CCCCC21)N(Cc1c(F)cccc1Cl)C1CC1. The van der Waals surface area contributed by atoms with Gasteiger partial charge in [-0.15, -0.1) is 0 Å². The van der Waals surface area contributed by atoms with E-state index >= 15 is 0 Å². The minimum absolute atomic E-state index is 0.118. The van der Waals surface area contributed by atoms with Gasteiger partial charge >= 0.3 is 0 Å². The fourth-order valence-corrected chi connectivity index (χ4v) is 4.73. The van der Waals surface area contributed by atoms with Crippen LogP contribution in [0.4, 0.5) is 4.39 Å². The average Bonchev–Trinajstić information content (AvgIpc) is 3.39. The van der Waals surface area contributed by atoms with E-state index < -0.39 is 0 Å². The summed E-state index contributed by atoms with van der Waals surface area (Å²) in [5.74, 6) is 0.419. The maximum absolute atomic E-state index is 14.1. The summed E-state index contributed by atoms with van der Waals surface area (Å²) in [6.07, 6.45) is 8.39. The Bertz CT molecular complexity index is 646. The first-order chi connectivity index (χ1) is 12.6. The highest BCUT2D eigenvalue weighted by Crippen LogP contribution is 2.34. The van der Waals surface area contributed by atoms with Crippen LogP contribution in [0.3, 0.4) is 0 Å². The van der Waals surface area contributed by atoms with E-state index in [0.717, 1.165) is 19.3 Å².